The molecule has 1 aliphatic carbocycles. The van der Waals surface area contributed by atoms with Gasteiger partial charge in [-0.2, -0.15) is 26.6 Å². The lowest BCUT2D eigenvalue weighted by Crippen LogP contribution is -2.29. The minimum absolute atomic E-state index is 0.0157. The number of fused-ring (bicyclic) bond motifs is 5. The average molecular weight is 514 g/mol. The van der Waals surface area contributed by atoms with E-state index in [1.54, 1.807) is 6.92 Å². The van der Waals surface area contributed by atoms with Crippen LogP contribution in [-0.4, -0.2) is 46.0 Å². The molecule has 1 aromatic carbocycles. The van der Waals surface area contributed by atoms with Crippen molar-refractivity contribution >= 4 is 33.5 Å². The molecule has 2 aromatic rings. The number of hydrogen-bond donors (Lipinski definition) is 3. The van der Waals surface area contributed by atoms with Gasteiger partial charge in [0.2, 0.25) is 11.9 Å². The number of amides is 1. The standard InChI is InChI=1S/C21H22F3N5O.CH4O3S/c1-11(30)29-17-7-8-18(29)15-9-13(5-6-14(15)17)27-20-25-10-16(21(22,23)24)19(28-20)26-12-3-2-4-12;1-5(2,3)4/h5-6,9-10,12,17-18H,2-4,7-8H2,1H3,(H2,25,26,27,28);1H3,(H,2,3,4). The van der Waals surface area contributed by atoms with Gasteiger partial charge in [0.05, 0.1) is 18.3 Å². The maximum Gasteiger partial charge on any atom is 0.421 e. The van der Waals surface area contributed by atoms with E-state index in [1.807, 2.05) is 23.1 Å². The summed E-state index contributed by atoms with van der Waals surface area (Å²) in [6, 6.07) is 6.00. The minimum Gasteiger partial charge on any atom is -0.367 e. The summed E-state index contributed by atoms with van der Waals surface area (Å²) >= 11 is 0. The Morgan fingerprint density at radius 3 is 2.31 bits per heavy atom. The molecule has 1 amide bonds. The van der Waals surface area contributed by atoms with E-state index in [2.05, 4.69) is 20.6 Å². The summed E-state index contributed by atoms with van der Waals surface area (Å²) in [5.74, 6) is -0.0185. The lowest BCUT2D eigenvalue weighted by Gasteiger charge is -2.28. The van der Waals surface area contributed by atoms with Crippen molar-refractivity contribution in [3.63, 3.8) is 0 Å². The fourth-order valence-electron chi connectivity index (χ4n) is 4.74. The molecule has 190 valence electrons. The lowest BCUT2D eigenvalue weighted by molar-refractivity contribution is -0.137. The van der Waals surface area contributed by atoms with Crippen LogP contribution in [-0.2, 0) is 21.1 Å². The Hall–Kier alpha value is -2.93. The lowest BCUT2D eigenvalue weighted by atomic mass is 9.91. The summed E-state index contributed by atoms with van der Waals surface area (Å²) in [4.78, 5) is 21.9. The number of nitrogens with zero attached hydrogens (tertiary/aromatic N) is 3. The molecule has 1 saturated heterocycles. The van der Waals surface area contributed by atoms with Crippen LogP contribution in [0.4, 0.5) is 30.6 Å². The number of nitrogens with one attached hydrogen (secondary N) is 2. The fourth-order valence-corrected chi connectivity index (χ4v) is 4.74. The van der Waals surface area contributed by atoms with Gasteiger partial charge in [0.1, 0.15) is 11.4 Å². The largest absolute Gasteiger partial charge is 0.421 e. The second-order valence-electron chi connectivity index (χ2n) is 8.96. The van der Waals surface area contributed by atoms with E-state index < -0.39 is 21.9 Å². The number of carbonyl (C=O) groups is 1. The van der Waals surface area contributed by atoms with Crippen molar-refractivity contribution in [3.8, 4) is 0 Å². The first-order chi connectivity index (χ1) is 16.3. The summed E-state index contributed by atoms with van der Waals surface area (Å²) in [6.07, 6.45) is 1.58. The molecule has 3 heterocycles. The molecule has 5 rings (SSSR count). The molecular weight excluding hydrogens is 487 g/mol. The molecule has 2 fully saturated rings. The molecule has 2 unspecified atom stereocenters. The van der Waals surface area contributed by atoms with Gasteiger partial charge in [-0.3, -0.25) is 9.35 Å². The first kappa shape index (κ1) is 25.2. The molecule has 13 heteroatoms. The van der Waals surface area contributed by atoms with Crippen LogP contribution in [0.3, 0.4) is 0 Å². The first-order valence-corrected chi connectivity index (χ1v) is 13.0. The van der Waals surface area contributed by atoms with Crippen molar-refractivity contribution in [2.75, 3.05) is 16.9 Å². The Labute approximate surface area is 200 Å². The third-order valence-electron chi connectivity index (χ3n) is 6.35. The van der Waals surface area contributed by atoms with Crippen molar-refractivity contribution in [2.24, 2.45) is 0 Å². The van der Waals surface area contributed by atoms with Gasteiger partial charge >= 0.3 is 6.18 Å². The van der Waals surface area contributed by atoms with Gasteiger partial charge in [-0.1, -0.05) is 6.07 Å². The van der Waals surface area contributed by atoms with Crippen molar-refractivity contribution < 1.29 is 30.9 Å². The Balaban J connectivity index is 0.000000527. The number of carbonyl (C=O) groups excluding carboxylic acids is 1. The van der Waals surface area contributed by atoms with Gasteiger partial charge in [-0.25, -0.2) is 4.98 Å². The second-order valence-corrected chi connectivity index (χ2v) is 10.4. The average Bonchev–Trinajstić information content (AvgIpc) is 3.26. The van der Waals surface area contributed by atoms with Crippen molar-refractivity contribution in [1.29, 1.82) is 0 Å². The zero-order valence-electron chi connectivity index (χ0n) is 19.1. The van der Waals surface area contributed by atoms with Crippen LogP contribution in [0, 0.1) is 0 Å². The molecule has 0 spiro atoms. The number of rotatable bonds is 4. The smallest absolute Gasteiger partial charge is 0.367 e. The number of aromatic nitrogens is 2. The molecule has 1 aromatic heterocycles. The summed E-state index contributed by atoms with van der Waals surface area (Å²) in [5.41, 5.74) is 2.07. The quantitative estimate of drug-likeness (QED) is 0.513. The molecular formula is C22H26F3N5O4S. The fraction of sp³-hybridized carbons (Fsp3) is 0.500. The summed E-state index contributed by atoms with van der Waals surface area (Å²) in [6.45, 7) is 1.59. The van der Waals surface area contributed by atoms with Gasteiger partial charge in [0.15, 0.2) is 0 Å². The van der Waals surface area contributed by atoms with Crippen molar-refractivity contribution in [3.05, 3.63) is 41.1 Å². The van der Waals surface area contributed by atoms with Crippen LogP contribution < -0.4 is 10.6 Å². The summed E-state index contributed by atoms with van der Waals surface area (Å²) in [5, 5.41) is 5.94. The van der Waals surface area contributed by atoms with Crippen LogP contribution in [0.5, 0.6) is 0 Å². The molecule has 3 aliphatic rings. The molecule has 35 heavy (non-hydrogen) atoms. The Kier molecular flexibility index (Phi) is 6.66. The Morgan fingerprint density at radius 2 is 1.77 bits per heavy atom. The molecule has 2 atom stereocenters. The summed E-state index contributed by atoms with van der Waals surface area (Å²) in [7, 11) is -3.67. The predicted octanol–water partition coefficient (Wildman–Crippen LogP) is 4.45. The highest BCUT2D eigenvalue weighted by atomic mass is 32.2. The van der Waals surface area contributed by atoms with E-state index in [-0.39, 0.29) is 35.8 Å². The van der Waals surface area contributed by atoms with Gasteiger partial charge in [-0.05, 0) is 55.4 Å². The maximum atomic E-state index is 13.3. The third kappa shape index (κ3) is 5.67. The predicted molar refractivity (Wildman–Crippen MR) is 123 cm³/mol. The zero-order valence-corrected chi connectivity index (χ0v) is 19.9. The summed E-state index contributed by atoms with van der Waals surface area (Å²) < 4.78 is 65.9. The van der Waals surface area contributed by atoms with Crippen LogP contribution in [0.1, 0.15) is 67.8 Å². The van der Waals surface area contributed by atoms with E-state index in [9.17, 15) is 26.4 Å². The molecule has 2 bridgehead atoms. The van der Waals surface area contributed by atoms with Gasteiger partial charge in [0, 0.05) is 24.8 Å². The highest BCUT2D eigenvalue weighted by molar-refractivity contribution is 7.85. The molecule has 0 radical (unpaired) electrons. The topological polar surface area (TPSA) is 125 Å². The van der Waals surface area contributed by atoms with Crippen molar-refractivity contribution in [1.82, 2.24) is 14.9 Å². The highest BCUT2D eigenvalue weighted by Gasteiger charge is 2.45. The first-order valence-electron chi connectivity index (χ1n) is 11.1. The van der Waals surface area contributed by atoms with Crippen molar-refractivity contribution in [2.45, 2.75) is 63.3 Å². The van der Waals surface area contributed by atoms with Crippen LogP contribution in [0.2, 0.25) is 0 Å². The molecule has 1 saturated carbocycles. The van der Waals surface area contributed by atoms with Gasteiger partial charge in [0.25, 0.3) is 10.1 Å². The molecule has 2 aliphatic heterocycles. The van der Waals surface area contributed by atoms with E-state index in [0.717, 1.165) is 49.4 Å². The van der Waals surface area contributed by atoms with Gasteiger partial charge < -0.3 is 15.5 Å². The number of benzene rings is 1. The normalized spacial score (nSPS) is 21.0. The van der Waals surface area contributed by atoms with Gasteiger partial charge in [-0.15, -0.1) is 0 Å². The SMILES string of the molecule is CC(=O)N1C2CCC1c1cc(Nc3ncc(C(F)(F)F)c(NC4CCC4)n3)ccc12.CS(=O)(=O)O. The van der Waals surface area contributed by atoms with Crippen LogP contribution >= 0.6 is 0 Å². The Morgan fingerprint density at radius 1 is 1.14 bits per heavy atom. The van der Waals surface area contributed by atoms with E-state index in [0.29, 0.717) is 11.9 Å². The minimum atomic E-state index is -4.52. The highest BCUT2D eigenvalue weighted by Crippen LogP contribution is 2.53. The number of halogens is 3. The van der Waals surface area contributed by atoms with Crippen LogP contribution in [0.15, 0.2) is 24.4 Å². The van der Waals surface area contributed by atoms with Crippen LogP contribution in [0.25, 0.3) is 0 Å². The third-order valence-corrected chi connectivity index (χ3v) is 6.35. The second kappa shape index (κ2) is 9.26. The maximum absolute atomic E-state index is 13.3. The molecule has 9 nitrogen and oxygen atoms in total. The molecule has 3 N–H and O–H groups in total. The zero-order chi connectivity index (χ0) is 25.5. The Bertz CT molecular complexity index is 1230. The number of alkyl halides is 3. The monoisotopic (exact) mass is 513 g/mol. The number of hydrogen-bond acceptors (Lipinski definition) is 7. The number of anilines is 3. The van der Waals surface area contributed by atoms with E-state index >= 15 is 0 Å². The van der Waals surface area contributed by atoms with E-state index in [4.69, 9.17) is 4.55 Å². The van der Waals surface area contributed by atoms with E-state index in [1.165, 1.54) is 0 Å².